The monoisotopic (exact) mass is 270 g/mol. The molecule has 0 saturated carbocycles. The zero-order valence-electron chi connectivity index (χ0n) is 10.6. The Kier molecular flexibility index (Phi) is 4.42. The van der Waals surface area contributed by atoms with E-state index in [-0.39, 0.29) is 5.69 Å². The van der Waals surface area contributed by atoms with Crippen LogP contribution in [0.4, 0.5) is 15.8 Å². The SMILES string of the molecule is CCCC(C)(Nc1cc(F)cc([N+](=O)[O-])c1)C(=O)O. The molecule has 7 heteroatoms. The molecule has 19 heavy (non-hydrogen) atoms. The van der Waals surface area contributed by atoms with E-state index in [9.17, 15) is 24.4 Å². The number of halogens is 1. The molecule has 0 bridgehead atoms. The molecule has 0 saturated heterocycles. The molecule has 0 aliphatic rings. The lowest BCUT2D eigenvalue weighted by Crippen LogP contribution is -2.43. The van der Waals surface area contributed by atoms with E-state index >= 15 is 0 Å². The number of non-ortho nitro benzene ring substituents is 1. The molecule has 0 aliphatic carbocycles. The molecule has 0 aliphatic heterocycles. The van der Waals surface area contributed by atoms with Crippen molar-refractivity contribution < 1.29 is 19.2 Å². The summed E-state index contributed by atoms with van der Waals surface area (Å²) in [5.41, 5.74) is -1.65. The Morgan fingerprint density at radius 2 is 2.16 bits per heavy atom. The molecule has 104 valence electrons. The van der Waals surface area contributed by atoms with Gasteiger partial charge in [-0.15, -0.1) is 0 Å². The molecule has 1 aromatic carbocycles. The van der Waals surface area contributed by atoms with E-state index < -0.39 is 27.9 Å². The number of carboxylic acid groups (broad SMARTS) is 1. The number of anilines is 1. The van der Waals surface area contributed by atoms with Crippen LogP contribution in [0.3, 0.4) is 0 Å². The van der Waals surface area contributed by atoms with E-state index in [1.54, 1.807) is 0 Å². The van der Waals surface area contributed by atoms with Crippen molar-refractivity contribution in [3.63, 3.8) is 0 Å². The predicted molar refractivity (Wildman–Crippen MR) is 67.6 cm³/mol. The third kappa shape index (κ3) is 3.64. The van der Waals surface area contributed by atoms with E-state index in [2.05, 4.69) is 5.32 Å². The maximum Gasteiger partial charge on any atom is 0.329 e. The zero-order chi connectivity index (χ0) is 14.6. The highest BCUT2D eigenvalue weighted by Gasteiger charge is 2.32. The number of benzene rings is 1. The molecular formula is C12H15FN2O4. The van der Waals surface area contributed by atoms with Crippen molar-refractivity contribution in [3.8, 4) is 0 Å². The molecule has 0 aromatic heterocycles. The fraction of sp³-hybridized carbons (Fsp3) is 0.417. The third-order valence-corrected chi connectivity index (χ3v) is 2.74. The van der Waals surface area contributed by atoms with Crippen LogP contribution in [-0.4, -0.2) is 21.5 Å². The van der Waals surface area contributed by atoms with Crippen LogP contribution in [0.25, 0.3) is 0 Å². The number of hydrogen-bond donors (Lipinski definition) is 2. The van der Waals surface area contributed by atoms with Crippen molar-refractivity contribution in [3.05, 3.63) is 34.1 Å². The molecule has 1 rings (SSSR count). The van der Waals surface area contributed by atoms with E-state index in [0.717, 1.165) is 18.2 Å². The second-order valence-electron chi connectivity index (χ2n) is 4.47. The van der Waals surface area contributed by atoms with Crippen molar-refractivity contribution in [1.82, 2.24) is 0 Å². The molecule has 0 spiro atoms. The Morgan fingerprint density at radius 3 is 2.63 bits per heavy atom. The molecule has 0 amide bonds. The molecule has 1 unspecified atom stereocenters. The number of carbonyl (C=O) groups is 1. The topological polar surface area (TPSA) is 92.5 Å². The third-order valence-electron chi connectivity index (χ3n) is 2.74. The van der Waals surface area contributed by atoms with E-state index in [1.807, 2.05) is 6.92 Å². The van der Waals surface area contributed by atoms with Gasteiger partial charge in [0.25, 0.3) is 5.69 Å². The van der Waals surface area contributed by atoms with Gasteiger partial charge in [0.1, 0.15) is 11.4 Å². The van der Waals surface area contributed by atoms with Crippen LogP contribution in [0.5, 0.6) is 0 Å². The Morgan fingerprint density at radius 1 is 1.53 bits per heavy atom. The summed E-state index contributed by atoms with van der Waals surface area (Å²) in [5, 5.41) is 22.5. The van der Waals surface area contributed by atoms with Crippen molar-refractivity contribution in [2.75, 3.05) is 5.32 Å². The lowest BCUT2D eigenvalue weighted by Gasteiger charge is -2.26. The predicted octanol–water partition coefficient (Wildman–Crippen LogP) is 2.79. The largest absolute Gasteiger partial charge is 0.480 e. The highest BCUT2D eigenvalue weighted by Crippen LogP contribution is 2.25. The number of rotatable bonds is 6. The first-order chi connectivity index (χ1) is 8.78. The smallest absolute Gasteiger partial charge is 0.329 e. The summed E-state index contributed by atoms with van der Waals surface area (Å²) in [7, 11) is 0. The molecule has 0 heterocycles. The number of nitro groups is 1. The van der Waals surface area contributed by atoms with Crippen LogP contribution < -0.4 is 5.32 Å². The minimum atomic E-state index is -1.30. The van der Waals surface area contributed by atoms with E-state index in [4.69, 9.17) is 0 Å². The fourth-order valence-electron chi connectivity index (χ4n) is 1.79. The maximum atomic E-state index is 13.3. The van der Waals surface area contributed by atoms with Gasteiger partial charge in [-0.25, -0.2) is 9.18 Å². The summed E-state index contributed by atoms with van der Waals surface area (Å²) in [6.07, 6.45) is 0.917. The normalized spacial score (nSPS) is 13.6. The average molecular weight is 270 g/mol. The average Bonchev–Trinajstić information content (AvgIpc) is 2.27. The van der Waals surface area contributed by atoms with Gasteiger partial charge in [-0.3, -0.25) is 10.1 Å². The lowest BCUT2D eigenvalue weighted by atomic mass is 9.96. The molecule has 1 aromatic rings. The van der Waals surface area contributed by atoms with Gasteiger partial charge < -0.3 is 10.4 Å². The van der Waals surface area contributed by atoms with Crippen molar-refractivity contribution >= 4 is 17.3 Å². The molecular weight excluding hydrogens is 255 g/mol. The van der Waals surface area contributed by atoms with Gasteiger partial charge in [-0.1, -0.05) is 13.3 Å². The molecule has 2 N–H and O–H groups in total. The second-order valence-corrected chi connectivity index (χ2v) is 4.47. The first-order valence-corrected chi connectivity index (χ1v) is 5.75. The first-order valence-electron chi connectivity index (χ1n) is 5.75. The van der Waals surface area contributed by atoms with Crippen molar-refractivity contribution in [2.45, 2.75) is 32.2 Å². The van der Waals surface area contributed by atoms with Gasteiger partial charge in [0.2, 0.25) is 0 Å². The molecule has 0 radical (unpaired) electrons. The van der Waals surface area contributed by atoms with Crippen LogP contribution in [0.2, 0.25) is 0 Å². The highest BCUT2D eigenvalue weighted by molar-refractivity contribution is 5.82. The maximum absolute atomic E-state index is 13.3. The minimum Gasteiger partial charge on any atom is -0.480 e. The Balaban J connectivity index is 3.09. The van der Waals surface area contributed by atoms with Crippen molar-refractivity contribution in [1.29, 1.82) is 0 Å². The van der Waals surface area contributed by atoms with Crippen LogP contribution in [0.1, 0.15) is 26.7 Å². The molecule has 0 fully saturated rings. The van der Waals surface area contributed by atoms with Crippen LogP contribution in [-0.2, 0) is 4.79 Å². The molecule has 6 nitrogen and oxygen atoms in total. The van der Waals surface area contributed by atoms with Crippen LogP contribution in [0.15, 0.2) is 18.2 Å². The van der Waals surface area contributed by atoms with Gasteiger partial charge in [0, 0.05) is 11.8 Å². The first kappa shape index (κ1) is 14.9. The van der Waals surface area contributed by atoms with Gasteiger partial charge in [0.05, 0.1) is 11.0 Å². The summed E-state index contributed by atoms with van der Waals surface area (Å²) >= 11 is 0. The minimum absolute atomic E-state index is 0.0741. The number of nitrogens with zero attached hydrogens (tertiary/aromatic N) is 1. The number of nitrogens with one attached hydrogen (secondary N) is 1. The summed E-state index contributed by atoms with van der Waals surface area (Å²) in [4.78, 5) is 21.1. The Hall–Kier alpha value is -2.18. The van der Waals surface area contributed by atoms with E-state index in [0.29, 0.717) is 12.8 Å². The number of aliphatic carboxylic acids is 1. The fourth-order valence-corrected chi connectivity index (χ4v) is 1.79. The summed E-state index contributed by atoms with van der Waals surface area (Å²) in [6.45, 7) is 3.27. The van der Waals surface area contributed by atoms with Crippen molar-refractivity contribution in [2.24, 2.45) is 0 Å². The van der Waals surface area contributed by atoms with Crippen LogP contribution >= 0.6 is 0 Å². The van der Waals surface area contributed by atoms with Crippen LogP contribution in [0, 0.1) is 15.9 Å². The van der Waals surface area contributed by atoms with Gasteiger partial charge in [0.15, 0.2) is 0 Å². The lowest BCUT2D eigenvalue weighted by molar-refractivity contribution is -0.385. The zero-order valence-corrected chi connectivity index (χ0v) is 10.6. The summed E-state index contributed by atoms with van der Waals surface area (Å²) in [6, 6.07) is 2.92. The molecule has 1 atom stereocenters. The summed E-state index contributed by atoms with van der Waals surface area (Å²) < 4.78 is 13.3. The highest BCUT2D eigenvalue weighted by atomic mass is 19.1. The van der Waals surface area contributed by atoms with Gasteiger partial charge >= 0.3 is 5.97 Å². The number of hydrogen-bond acceptors (Lipinski definition) is 4. The Labute approximate surface area is 109 Å². The second kappa shape index (κ2) is 5.64. The van der Waals surface area contributed by atoms with E-state index in [1.165, 1.54) is 6.92 Å². The summed E-state index contributed by atoms with van der Waals surface area (Å²) in [5.74, 6) is -1.89. The number of carboxylic acids is 1. The number of nitro benzene ring substituents is 1. The quantitative estimate of drug-likeness (QED) is 0.612. The Bertz CT molecular complexity index is 507. The van der Waals surface area contributed by atoms with Gasteiger partial charge in [-0.05, 0) is 19.4 Å². The standard InChI is InChI=1S/C12H15FN2O4/c1-3-4-12(2,11(16)17)14-9-5-8(13)6-10(7-9)15(18)19/h5-7,14H,3-4H2,1-2H3,(H,16,17). The van der Waals surface area contributed by atoms with Gasteiger partial charge in [-0.2, -0.15) is 0 Å².